The molecule has 3 saturated carbocycles. The predicted octanol–water partition coefficient (Wildman–Crippen LogP) is 6.56. The van der Waals surface area contributed by atoms with E-state index in [9.17, 15) is 14.7 Å². The largest absolute Gasteiger partial charge is 0.483 e. The fourth-order valence-electron chi connectivity index (χ4n) is 10.4. The Labute approximate surface area is 270 Å². The Morgan fingerprint density at radius 2 is 1.91 bits per heavy atom. The van der Waals surface area contributed by atoms with Crippen LogP contribution in [0.3, 0.4) is 0 Å². The van der Waals surface area contributed by atoms with Crippen molar-refractivity contribution in [2.24, 2.45) is 17.8 Å². The molecule has 45 heavy (non-hydrogen) atoms. The van der Waals surface area contributed by atoms with Crippen molar-refractivity contribution in [3.8, 4) is 11.5 Å². The average Bonchev–Trinajstić information content (AvgIpc) is 3.61. The summed E-state index contributed by atoms with van der Waals surface area (Å²) in [5.74, 6) is 2.99. The molecule has 1 N–H and O–H groups in total. The summed E-state index contributed by atoms with van der Waals surface area (Å²) in [6.07, 6.45) is 18.9. The number of unbranched alkanes of at least 4 members (excludes halogenated alkanes) is 3. The van der Waals surface area contributed by atoms with Crippen molar-refractivity contribution in [3.05, 3.63) is 23.3 Å². The number of piperidine rings is 1. The van der Waals surface area contributed by atoms with Crippen LogP contribution < -0.4 is 9.47 Å². The van der Waals surface area contributed by atoms with E-state index in [2.05, 4.69) is 22.8 Å². The second-order valence-corrected chi connectivity index (χ2v) is 15.5. The molecular weight excluding hydrogens is 564 g/mol. The lowest BCUT2D eigenvalue weighted by Gasteiger charge is -2.60. The maximum Gasteiger partial charge on any atom is 0.308 e. The number of benzene rings is 1. The number of hydrogen-bond acceptors (Lipinski definition) is 6. The fourth-order valence-corrected chi connectivity index (χ4v) is 10.4. The van der Waals surface area contributed by atoms with Gasteiger partial charge in [-0.2, -0.15) is 0 Å². The number of ether oxygens (including phenoxy) is 2. The van der Waals surface area contributed by atoms with Gasteiger partial charge in [0.05, 0.1) is 12.1 Å². The molecule has 1 amide bonds. The van der Waals surface area contributed by atoms with E-state index in [4.69, 9.17) is 9.47 Å². The Morgan fingerprint density at radius 3 is 2.67 bits per heavy atom. The minimum atomic E-state index is -0.327. The van der Waals surface area contributed by atoms with Crippen LogP contribution in [0.25, 0.3) is 0 Å². The van der Waals surface area contributed by atoms with Crippen molar-refractivity contribution in [1.29, 1.82) is 0 Å². The van der Waals surface area contributed by atoms with Crippen LogP contribution in [0.2, 0.25) is 0 Å². The molecule has 6 aliphatic rings. The van der Waals surface area contributed by atoms with E-state index < -0.39 is 0 Å². The summed E-state index contributed by atoms with van der Waals surface area (Å²) < 4.78 is 12.8. The standard InChI is InChI=1S/C38H56N2O5/c1-3-4-10-20-40(34(43)14-9-8-13-26-11-6-5-7-12-26)30-17-16-29-31-22-27-15-18-33(44-25(2)41)36-35(27)38(29,37(30)45-36)19-21-39(31)24-28-23-32(28)42/h15,18,26,28-32,37,42H,3-14,16-17,19-24H2,1-2H3/t28?,29-,30-,31+,32?,37-,38-/m0/s1. The number of nitrogens with zero attached hydrogens (tertiary/aromatic N) is 2. The van der Waals surface area contributed by atoms with E-state index in [1.165, 1.54) is 56.6 Å². The van der Waals surface area contributed by atoms with Crippen LogP contribution in [0.15, 0.2) is 12.1 Å². The lowest BCUT2D eigenvalue weighted by Crippen LogP contribution is -2.69. The zero-order chi connectivity index (χ0) is 31.1. The minimum absolute atomic E-state index is 0.0323. The number of rotatable bonds is 13. The van der Waals surface area contributed by atoms with Gasteiger partial charge in [0.1, 0.15) is 6.10 Å². The van der Waals surface area contributed by atoms with Gasteiger partial charge >= 0.3 is 5.97 Å². The van der Waals surface area contributed by atoms with Crippen molar-refractivity contribution < 1.29 is 24.2 Å². The van der Waals surface area contributed by atoms with Crippen molar-refractivity contribution >= 4 is 11.9 Å². The normalized spacial score (nSPS) is 33.3. The highest BCUT2D eigenvalue weighted by atomic mass is 16.6. The molecule has 7 heteroatoms. The van der Waals surface area contributed by atoms with Gasteiger partial charge in [-0.15, -0.1) is 0 Å². The molecule has 248 valence electrons. The summed E-state index contributed by atoms with van der Waals surface area (Å²) in [4.78, 5) is 31.3. The van der Waals surface area contributed by atoms with Crippen LogP contribution in [0, 0.1) is 17.8 Å². The second kappa shape index (κ2) is 13.2. The molecule has 0 aromatic heterocycles. The monoisotopic (exact) mass is 620 g/mol. The second-order valence-electron chi connectivity index (χ2n) is 15.5. The number of likely N-dealkylation sites (tertiary alicyclic amines) is 1. The zero-order valence-corrected chi connectivity index (χ0v) is 27.8. The van der Waals surface area contributed by atoms with Gasteiger partial charge in [0.2, 0.25) is 5.91 Å². The lowest BCUT2D eigenvalue weighted by atomic mass is 9.51. The first-order valence-corrected chi connectivity index (χ1v) is 18.6. The molecule has 2 bridgehead atoms. The molecule has 2 aliphatic heterocycles. The van der Waals surface area contributed by atoms with E-state index in [-0.39, 0.29) is 29.6 Å². The molecule has 0 radical (unpaired) electrons. The topological polar surface area (TPSA) is 79.3 Å². The Morgan fingerprint density at radius 1 is 1.09 bits per heavy atom. The highest BCUT2D eigenvalue weighted by Gasteiger charge is 2.67. The molecule has 1 aromatic carbocycles. The predicted molar refractivity (Wildman–Crippen MR) is 174 cm³/mol. The Kier molecular flexibility index (Phi) is 9.22. The third kappa shape index (κ3) is 5.94. The molecule has 4 fully saturated rings. The van der Waals surface area contributed by atoms with Crippen LogP contribution in [0.1, 0.15) is 128 Å². The fraction of sp³-hybridized carbons (Fsp3) is 0.789. The van der Waals surface area contributed by atoms with E-state index >= 15 is 0 Å². The summed E-state index contributed by atoms with van der Waals surface area (Å²) in [6.45, 7) is 6.45. The third-order valence-corrected chi connectivity index (χ3v) is 12.7. The molecule has 1 spiro atoms. The lowest BCUT2D eigenvalue weighted by molar-refractivity contribution is -0.143. The Hall–Kier alpha value is -2.12. The van der Waals surface area contributed by atoms with Gasteiger partial charge in [0.25, 0.3) is 0 Å². The number of aliphatic hydroxyl groups excluding tert-OH is 1. The highest BCUT2D eigenvalue weighted by molar-refractivity contribution is 5.77. The molecule has 4 aliphatic carbocycles. The van der Waals surface area contributed by atoms with Crippen LogP contribution in [0.4, 0.5) is 0 Å². The molecular formula is C38H56N2O5. The van der Waals surface area contributed by atoms with Gasteiger partial charge in [-0.25, -0.2) is 0 Å². The Bertz CT molecular complexity index is 1240. The van der Waals surface area contributed by atoms with Gasteiger partial charge in [-0.1, -0.05) is 70.8 Å². The van der Waals surface area contributed by atoms with Crippen LogP contribution in [-0.4, -0.2) is 70.7 Å². The quantitative estimate of drug-likeness (QED) is 0.153. The van der Waals surface area contributed by atoms with Gasteiger partial charge in [0, 0.05) is 49.4 Å². The van der Waals surface area contributed by atoms with E-state index in [0.29, 0.717) is 36.0 Å². The summed E-state index contributed by atoms with van der Waals surface area (Å²) in [6, 6.07) is 4.55. The first kappa shape index (κ1) is 31.5. The summed E-state index contributed by atoms with van der Waals surface area (Å²) in [7, 11) is 0. The number of aliphatic hydroxyl groups is 1. The van der Waals surface area contributed by atoms with Gasteiger partial charge in [-0.05, 0) is 75.0 Å². The average molecular weight is 621 g/mol. The van der Waals surface area contributed by atoms with E-state index in [1.54, 1.807) is 0 Å². The van der Waals surface area contributed by atoms with Crippen molar-refractivity contribution in [3.63, 3.8) is 0 Å². The molecule has 7 rings (SSSR count). The zero-order valence-electron chi connectivity index (χ0n) is 27.8. The first-order valence-electron chi connectivity index (χ1n) is 18.6. The summed E-state index contributed by atoms with van der Waals surface area (Å²) >= 11 is 0. The van der Waals surface area contributed by atoms with Crippen LogP contribution in [-0.2, 0) is 21.4 Å². The number of esters is 1. The maximum absolute atomic E-state index is 14.2. The number of carbonyl (C=O) groups is 2. The number of hydrogen-bond donors (Lipinski definition) is 1. The van der Waals surface area contributed by atoms with E-state index in [1.807, 2.05) is 6.07 Å². The van der Waals surface area contributed by atoms with Gasteiger partial charge in [-0.3, -0.25) is 14.5 Å². The van der Waals surface area contributed by atoms with Crippen molar-refractivity contribution in [1.82, 2.24) is 9.80 Å². The third-order valence-electron chi connectivity index (χ3n) is 12.7. The van der Waals surface area contributed by atoms with E-state index in [0.717, 1.165) is 95.5 Å². The summed E-state index contributed by atoms with van der Waals surface area (Å²) in [5, 5.41) is 10.2. The molecule has 7 nitrogen and oxygen atoms in total. The maximum atomic E-state index is 14.2. The molecule has 7 atom stereocenters. The van der Waals surface area contributed by atoms with Gasteiger partial charge in [0.15, 0.2) is 11.5 Å². The van der Waals surface area contributed by atoms with Crippen LogP contribution >= 0.6 is 0 Å². The van der Waals surface area contributed by atoms with Crippen molar-refractivity contribution in [2.75, 3.05) is 19.6 Å². The Balaban J connectivity index is 1.16. The first-order chi connectivity index (χ1) is 21.9. The number of carbonyl (C=O) groups excluding carboxylic acids is 2. The number of amides is 1. The molecule has 2 heterocycles. The SMILES string of the molecule is CCCCCN(C(=O)CCCCC1CCCCC1)[C@H]1CC[C@H]2[C@H]3Cc4ccc(OC(C)=O)c5c4[C@@]2(CCN3CC2CC2O)[C@H]1O5. The molecule has 2 unspecified atom stereocenters. The summed E-state index contributed by atoms with van der Waals surface area (Å²) in [5.41, 5.74) is 2.42. The smallest absolute Gasteiger partial charge is 0.308 e. The van der Waals surface area contributed by atoms with Gasteiger partial charge < -0.3 is 19.5 Å². The molecule has 1 saturated heterocycles. The van der Waals surface area contributed by atoms with Crippen LogP contribution in [0.5, 0.6) is 11.5 Å². The minimum Gasteiger partial charge on any atom is -0.483 e. The highest BCUT2D eigenvalue weighted by Crippen LogP contribution is 2.64. The van der Waals surface area contributed by atoms with Crippen molar-refractivity contribution in [2.45, 2.75) is 153 Å². The molecule has 1 aromatic rings.